The summed E-state index contributed by atoms with van der Waals surface area (Å²) in [5, 5.41) is 0. The maximum atomic E-state index is 12.9. The number of carbonyl (C=O) groups is 1. The second-order valence-electron chi connectivity index (χ2n) is 4.26. The average molecular weight is 252 g/mol. The van der Waals surface area contributed by atoms with Crippen molar-refractivity contribution in [2.75, 3.05) is 24.6 Å². The van der Waals surface area contributed by atoms with E-state index < -0.39 is 6.10 Å². The van der Waals surface area contributed by atoms with Gasteiger partial charge < -0.3 is 15.4 Å². The number of halogens is 1. The van der Waals surface area contributed by atoms with E-state index in [0.29, 0.717) is 31.8 Å². The molecule has 0 aliphatic carbocycles. The van der Waals surface area contributed by atoms with Crippen LogP contribution >= 0.6 is 0 Å². The standard InChI is InChI=1S/C13H17FN2O2/c14-10-3-5-11(6-4-10)16-8-9-18-12(13(16)17)2-1-7-15/h3-6,12H,1-2,7-9,15H2. The van der Waals surface area contributed by atoms with Gasteiger partial charge in [0.1, 0.15) is 11.9 Å². The number of rotatable bonds is 4. The van der Waals surface area contributed by atoms with Crippen LogP contribution < -0.4 is 10.6 Å². The van der Waals surface area contributed by atoms with Crippen LogP contribution in [0, 0.1) is 5.82 Å². The Morgan fingerprint density at radius 2 is 2.11 bits per heavy atom. The molecule has 0 radical (unpaired) electrons. The molecule has 1 aromatic carbocycles. The number of morpholine rings is 1. The third kappa shape index (κ3) is 2.86. The molecule has 1 aromatic rings. The quantitative estimate of drug-likeness (QED) is 0.878. The number of hydrogen-bond acceptors (Lipinski definition) is 3. The van der Waals surface area contributed by atoms with Gasteiger partial charge in [0.2, 0.25) is 0 Å². The molecule has 4 nitrogen and oxygen atoms in total. The van der Waals surface area contributed by atoms with E-state index >= 15 is 0 Å². The minimum atomic E-state index is -0.424. The molecule has 1 amide bonds. The zero-order chi connectivity index (χ0) is 13.0. The van der Waals surface area contributed by atoms with Gasteiger partial charge in [-0.3, -0.25) is 4.79 Å². The van der Waals surface area contributed by atoms with Gasteiger partial charge in [0.25, 0.3) is 5.91 Å². The average Bonchev–Trinajstić information content (AvgIpc) is 2.39. The van der Waals surface area contributed by atoms with Gasteiger partial charge in [-0.25, -0.2) is 4.39 Å². The van der Waals surface area contributed by atoms with Gasteiger partial charge in [0, 0.05) is 12.2 Å². The molecule has 1 aliphatic heterocycles. The zero-order valence-corrected chi connectivity index (χ0v) is 10.1. The zero-order valence-electron chi connectivity index (χ0n) is 10.1. The summed E-state index contributed by atoms with van der Waals surface area (Å²) in [7, 11) is 0. The fraction of sp³-hybridized carbons (Fsp3) is 0.462. The molecule has 5 heteroatoms. The molecule has 0 aromatic heterocycles. The van der Waals surface area contributed by atoms with Gasteiger partial charge in [-0.2, -0.15) is 0 Å². The summed E-state index contributed by atoms with van der Waals surface area (Å²) in [4.78, 5) is 13.8. The number of ether oxygens (including phenoxy) is 1. The molecule has 98 valence electrons. The van der Waals surface area contributed by atoms with Gasteiger partial charge >= 0.3 is 0 Å². The van der Waals surface area contributed by atoms with E-state index in [0.717, 1.165) is 6.42 Å². The van der Waals surface area contributed by atoms with Crippen LogP contribution in [0.2, 0.25) is 0 Å². The lowest BCUT2D eigenvalue weighted by atomic mass is 10.1. The van der Waals surface area contributed by atoms with E-state index in [1.165, 1.54) is 12.1 Å². The Bertz CT molecular complexity index is 408. The van der Waals surface area contributed by atoms with E-state index in [-0.39, 0.29) is 11.7 Å². The van der Waals surface area contributed by atoms with Crippen LogP contribution in [0.4, 0.5) is 10.1 Å². The van der Waals surface area contributed by atoms with Gasteiger partial charge in [-0.15, -0.1) is 0 Å². The Kier molecular flexibility index (Phi) is 4.28. The van der Waals surface area contributed by atoms with Crippen LogP contribution in [0.3, 0.4) is 0 Å². The van der Waals surface area contributed by atoms with E-state index in [9.17, 15) is 9.18 Å². The lowest BCUT2D eigenvalue weighted by Gasteiger charge is -2.32. The Balaban J connectivity index is 2.08. The van der Waals surface area contributed by atoms with Crippen molar-refractivity contribution < 1.29 is 13.9 Å². The van der Waals surface area contributed by atoms with Crippen LogP contribution in [0.15, 0.2) is 24.3 Å². The highest BCUT2D eigenvalue weighted by atomic mass is 19.1. The molecule has 0 spiro atoms. The smallest absolute Gasteiger partial charge is 0.256 e. The normalized spacial score (nSPS) is 20.2. The number of amides is 1. The van der Waals surface area contributed by atoms with Crippen LogP contribution in [0.5, 0.6) is 0 Å². The fourth-order valence-corrected chi connectivity index (χ4v) is 2.03. The van der Waals surface area contributed by atoms with E-state index in [2.05, 4.69) is 0 Å². The highest BCUT2D eigenvalue weighted by Gasteiger charge is 2.29. The number of benzene rings is 1. The summed E-state index contributed by atoms with van der Waals surface area (Å²) < 4.78 is 18.3. The first-order valence-electron chi connectivity index (χ1n) is 6.11. The number of anilines is 1. The van der Waals surface area contributed by atoms with Gasteiger partial charge in [0.15, 0.2) is 0 Å². The lowest BCUT2D eigenvalue weighted by molar-refractivity contribution is -0.134. The molecule has 18 heavy (non-hydrogen) atoms. The summed E-state index contributed by atoms with van der Waals surface area (Å²) in [6.45, 7) is 1.55. The molecule has 1 unspecified atom stereocenters. The maximum absolute atomic E-state index is 12.9. The molecular weight excluding hydrogens is 235 g/mol. The third-order valence-corrected chi connectivity index (χ3v) is 2.98. The lowest BCUT2D eigenvalue weighted by Crippen LogP contribution is -2.48. The van der Waals surface area contributed by atoms with E-state index in [1.807, 2.05) is 0 Å². The number of carbonyl (C=O) groups excluding carboxylic acids is 1. The molecule has 1 aliphatic rings. The molecule has 0 bridgehead atoms. The minimum Gasteiger partial charge on any atom is -0.367 e. The first-order chi connectivity index (χ1) is 8.72. The second-order valence-corrected chi connectivity index (χ2v) is 4.26. The molecule has 1 fully saturated rings. The Hall–Kier alpha value is -1.46. The number of nitrogens with zero attached hydrogens (tertiary/aromatic N) is 1. The van der Waals surface area contributed by atoms with Crippen molar-refractivity contribution >= 4 is 11.6 Å². The number of nitrogens with two attached hydrogens (primary N) is 1. The molecule has 0 saturated carbocycles. The van der Waals surface area contributed by atoms with Crippen LogP contribution in [0.1, 0.15) is 12.8 Å². The van der Waals surface area contributed by atoms with Crippen molar-refractivity contribution in [1.29, 1.82) is 0 Å². The van der Waals surface area contributed by atoms with Crippen molar-refractivity contribution in [3.05, 3.63) is 30.1 Å². The van der Waals surface area contributed by atoms with Crippen molar-refractivity contribution in [2.45, 2.75) is 18.9 Å². The molecule has 1 atom stereocenters. The summed E-state index contributed by atoms with van der Waals surface area (Å²) in [5.74, 6) is -0.375. The number of hydrogen-bond donors (Lipinski definition) is 1. The molecule has 2 N–H and O–H groups in total. The summed E-state index contributed by atoms with van der Waals surface area (Å²) in [6.07, 6.45) is 0.966. The van der Waals surface area contributed by atoms with E-state index in [4.69, 9.17) is 10.5 Å². The van der Waals surface area contributed by atoms with Gasteiger partial charge in [-0.05, 0) is 43.7 Å². The monoisotopic (exact) mass is 252 g/mol. The van der Waals surface area contributed by atoms with Crippen LogP contribution in [-0.4, -0.2) is 31.7 Å². The third-order valence-electron chi connectivity index (χ3n) is 2.98. The maximum Gasteiger partial charge on any atom is 0.256 e. The summed E-state index contributed by atoms with van der Waals surface area (Å²) in [5.41, 5.74) is 6.14. The molecule has 2 rings (SSSR count). The van der Waals surface area contributed by atoms with Crippen molar-refractivity contribution in [2.24, 2.45) is 5.73 Å². The fourth-order valence-electron chi connectivity index (χ4n) is 2.03. The second kappa shape index (κ2) is 5.93. The largest absolute Gasteiger partial charge is 0.367 e. The topological polar surface area (TPSA) is 55.6 Å². The van der Waals surface area contributed by atoms with Gasteiger partial charge in [0.05, 0.1) is 6.61 Å². The summed E-state index contributed by atoms with van der Waals surface area (Å²) >= 11 is 0. The predicted molar refractivity (Wildman–Crippen MR) is 66.8 cm³/mol. The predicted octanol–water partition coefficient (Wildman–Crippen LogP) is 1.30. The Morgan fingerprint density at radius 3 is 2.78 bits per heavy atom. The summed E-state index contributed by atoms with van der Waals surface area (Å²) in [6, 6.07) is 5.93. The Labute approximate surface area is 106 Å². The highest BCUT2D eigenvalue weighted by Crippen LogP contribution is 2.20. The molecule has 1 heterocycles. The SMILES string of the molecule is NCCCC1OCCN(c2ccc(F)cc2)C1=O. The molecular formula is C13H17FN2O2. The first-order valence-corrected chi connectivity index (χ1v) is 6.11. The highest BCUT2D eigenvalue weighted by molar-refractivity contribution is 5.97. The van der Waals surface area contributed by atoms with E-state index in [1.54, 1.807) is 17.0 Å². The van der Waals surface area contributed by atoms with Crippen LogP contribution in [-0.2, 0) is 9.53 Å². The molecule has 1 saturated heterocycles. The van der Waals surface area contributed by atoms with Crippen molar-refractivity contribution in [1.82, 2.24) is 0 Å². The minimum absolute atomic E-state index is 0.0682. The van der Waals surface area contributed by atoms with Crippen LogP contribution in [0.25, 0.3) is 0 Å². The Morgan fingerprint density at radius 1 is 1.39 bits per heavy atom. The first kappa shape index (κ1) is 13.0. The van der Waals surface area contributed by atoms with Crippen molar-refractivity contribution in [3.63, 3.8) is 0 Å². The van der Waals surface area contributed by atoms with Gasteiger partial charge in [-0.1, -0.05) is 0 Å². The van der Waals surface area contributed by atoms with Crippen molar-refractivity contribution in [3.8, 4) is 0 Å².